The van der Waals surface area contributed by atoms with Crippen LogP contribution in [0.25, 0.3) is 0 Å². The fourth-order valence-electron chi connectivity index (χ4n) is 4.54. The summed E-state index contributed by atoms with van der Waals surface area (Å²) in [5.41, 5.74) is 1.58. The first kappa shape index (κ1) is 14.7. The van der Waals surface area contributed by atoms with Crippen LogP contribution >= 0.6 is 0 Å². The van der Waals surface area contributed by atoms with Gasteiger partial charge in [-0.1, -0.05) is 0 Å². The highest BCUT2D eigenvalue weighted by molar-refractivity contribution is 5.98. The van der Waals surface area contributed by atoms with Crippen molar-refractivity contribution in [2.75, 3.05) is 13.1 Å². The maximum absolute atomic E-state index is 13.0. The molecule has 23 heavy (non-hydrogen) atoms. The molecule has 2 saturated heterocycles. The van der Waals surface area contributed by atoms with E-state index in [1.54, 1.807) is 12.4 Å². The average Bonchev–Trinajstić information content (AvgIpc) is 3.29. The second-order valence-corrected chi connectivity index (χ2v) is 7.17. The molecule has 0 N–H and O–H groups in total. The highest BCUT2D eigenvalue weighted by Gasteiger charge is 2.52. The number of carbonyl (C=O) groups is 2. The molecule has 1 aliphatic carbocycles. The van der Waals surface area contributed by atoms with E-state index in [4.69, 9.17) is 0 Å². The molecule has 5 nitrogen and oxygen atoms in total. The number of fused-ring (bicyclic) bond motifs is 2. The van der Waals surface area contributed by atoms with Gasteiger partial charge in [-0.2, -0.15) is 0 Å². The highest BCUT2D eigenvalue weighted by Crippen LogP contribution is 2.44. The first-order valence-electron chi connectivity index (χ1n) is 8.68. The lowest BCUT2D eigenvalue weighted by atomic mass is 9.96. The monoisotopic (exact) mass is 313 g/mol. The Morgan fingerprint density at radius 1 is 1.17 bits per heavy atom. The predicted molar refractivity (Wildman–Crippen MR) is 85.9 cm³/mol. The Morgan fingerprint density at radius 2 is 1.96 bits per heavy atom. The smallest absolute Gasteiger partial charge is 0.256 e. The number of likely N-dealkylation sites (tertiary alicyclic amines) is 2. The second-order valence-electron chi connectivity index (χ2n) is 7.17. The molecule has 1 aromatic heterocycles. The number of carbonyl (C=O) groups excluding carboxylic acids is 2. The third-order valence-electron chi connectivity index (χ3n) is 5.61. The number of hydrogen-bond donors (Lipinski definition) is 0. The zero-order valence-corrected chi connectivity index (χ0v) is 13.6. The Bertz CT molecular complexity index is 639. The molecule has 1 aromatic rings. The van der Waals surface area contributed by atoms with Crippen LogP contribution in [0, 0.1) is 12.8 Å². The van der Waals surface area contributed by atoms with Gasteiger partial charge in [0, 0.05) is 31.5 Å². The van der Waals surface area contributed by atoms with Crippen molar-refractivity contribution in [3.63, 3.8) is 0 Å². The summed E-state index contributed by atoms with van der Waals surface area (Å²) in [4.78, 5) is 34.0. The molecule has 5 heteroatoms. The quantitative estimate of drug-likeness (QED) is 0.839. The van der Waals surface area contributed by atoms with Crippen molar-refractivity contribution in [3.05, 3.63) is 29.6 Å². The summed E-state index contributed by atoms with van der Waals surface area (Å²) in [6, 6.07) is 1.85. The molecule has 2 amide bonds. The molecule has 0 aromatic carbocycles. The molecule has 0 radical (unpaired) electrons. The van der Waals surface area contributed by atoms with Crippen LogP contribution in [0.15, 0.2) is 18.5 Å². The lowest BCUT2D eigenvalue weighted by Crippen LogP contribution is -2.53. The molecule has 3 fully saturated rings. The van der Waals surface area contributed by atoms with Gasteiger partial charge in [0.05, 0.1) is 5.56 Å². The van der Waals surface area contributed by atoms with E-state index >= 15 is 0 Å². The van der Waals surface area contributed by atoms with Crippen LogP contribution in [0.1, 0.15) is 48.0 Å². The fourth-order valence-corrected chi connectivity index (χ4v) is 4.54. The maximum Gasteiger partial charge on any atom is 0.256 e. The normalized spacial score (nSPS) is 29.3. The molecule has 1 saturated carbocycles. The molecule has 0 spiro atoms. The number of hydrogen-bond acceptors (Lipinski definition) is 3. The van der Waals surface area contributed by atoms with E-state index in [0.29, 0.717) is 11.5 Å². The van der Waals surface area contributed by atoms with Crippen molar-refractivity contribution in [2.45, 2.75) is 51.1 Å². The Kier molecular flexibility index (Phi) is 3.58. The van der Waals surface area contributed by atoms with Crippen LogP contribution in [0.5, 0.6) is 0 Å². The number of pyridine rings is 1. The fraction of sp³-hybridized carbons (Fsp3) is 0.611. The summed E-state index contributed by atoms with van der Waals surface area (Å²) in [5.74, 6) is 0.490. The van der Waals surface area contributed by atoms with E-state index in [-0.39, 0.29) is 23.9 Å². The first-order valence-corrected chi connectivity index (χ1v) is 8.68. The molecule has 122 valence electrons. The summed E-state index contributed by atoms with van der Waals surface area (Å²) < 4.78 is 0. The van der Waals surface area contributed by atoms with E-state index in [1.165, 1.54) is 0 Å². The van der Waals surface area contributed by atoms with Crippen LogP contribution in [-0.2, 0) is 4.79 Å². The van der Waals surface area contributed by atoms with E-state index in [0.717, 1.165) is 50.8 Å². The van der Waals surface area contributed by atoms with Gasteiger partial charge in [-0.25, -0.2) is 0 Å². The largest absolute Gasteiger partial charge is 0.341 e. The van der Waals surface area contributed by atoms with Crippen molar-refractivity contribution in [1.82, 2.24) is 14.8 Å². The van der Waals surface area contributed by atoms with Crippen molar-refractivity contribution in [2.24, 2.45) is 5.92 Å². The molecule has 3 heterocycles. The topological polar surface area (TPSA) is 53.5 Å². The molecular formula is C18H23N3O2. The third kappa shape index (κ3) is 2.42. The molecule has 3 atom stereocenters. The molecule has 2 unspecified atom stereocenters. The summed E-state index contributed by atoms with van der Waals surface area (Å²) in [6.45, 7) is 3.63. The van der Waals surface area contributed by atoms with Crippen molar-refractivity contribution in [1.29, 1.82) is 0 Å². The Morgan fingerprint density at radius 3 is 2.70 bits per heavy atom. The number of aryl methyl sites for hydroxylation is 1. The summed E-state index contributed by atoms with van der Waals surface area (Å²) in [5, 5.41) is 0. The van der Waals surface area contributed by atoms with Crippen molar-refractivity contribution in [3.8, 4) is 0 Å². The molecule has 4 rings (SSSR count). The van der Waals surface area contributed by atoms with E-state index in [1.807, 2.05) is 22.8 Å². The Labute approximate surface area is 136 Å². The van der Waals surface area contributed by atoms with Crippen LogP contribution in [0.4, 0.5) is 0 Å². The van der Waals surface area contributed by atoms with Crippen LogP contribution < -0.4 is 0 Å². The van der Waals surface area contributed by atoms with Crippen LogP contribution in [0.3, 0.4) is 0 Å². The van der Waals surface area contributed by atoms with E-state index in [9.17, 15) is 9.59 Å². The molecular weight excluding hydrogens is 290 g/mol. The number of aromatic nitrogens is 1. The van der Waals surface area contributed by atoms with Gasteiger partial charge in [0.1, 0.15) is 6.04 Å². The second kappa shape index (κ2) is 5.62. The third-order valence-corrected chi connectivity index (χ3v) is 5.61. The van der Waals surface area contributed by atoms with E-state index < -0.39 is 0 Å². The predicted octanol–water partition coefficient (Wildman–Crippen LogP) is 2.01. The minimum Gasteiger partial charge on any atom is -0.341 e. The maximum atomic E-state index is 13.0. The summed E-state index contributed by atoms with van der Waals surface area (Å²) in [7, 11) is 0. The van der Waals surface area contributed by atoms with E-state index in [2.05, 4.69) is 4.98 Å². The first-order chi connectivity index (χ1) is 11.1. The zero-order chi connectivity index (χ0) is 16.0. The molecule has 3 aliphatic rings. The molecule has 2 aliphatic heterocycles. The van der Waals surface area contributed by atoms with Crippen molar-refractivity contribution < 1.29 is 9.59 Å². The van der Waals surface area contributed by atoms with Crippen molar-refractivity contribution >= 4 is 11.8 Å². The SMILES string of the molecule is Cc1cncc(C(=O)N2C3CCC(C3)[C@H]2C(=O)N2CCCC2)c1. The number of nitrogens with zero attached hydrogens (tertiary/aromatic N) is 3. The standard InChI is InChI=1S/C18H23N3O2/c1-12-8-14(11-19-10-12)17(22)21-15-5-4-13(9-15)16(21)18(23)20-6-2-3-7-20/h8,10-11,13,15-16H,2-7,9H2,1H3/t13?,15?,16-/m0/s1. The lowest BCUT2D eigenvalue weighted by Gasteiger charge is -2.36. The molecule has 2 bridgehead atoms. The average molecular weight is 313 g/mol. The van der Waals surface area contributed by atoms with Gasteiger partial charge in [0.25, 0.3) is 5.91 Å². The minimum absolute atomic E-state index is 0.0223. The van der Waals surface area contributed by atoms with Gasteiger partial charge in [-0.05, 0) is 56.6 Å². The van der Waals surface area contributed by atoms with Gasteiger partial charge in [0.15, 0.2) is 0 Å². The summed E-state index contributed by atoms with van der Waals surface area (Å²) >= 11 is 0. The van der Waals surface area contributed by atoms with Gasteiger partial charge >= 0.3 is 0 Å². The number of piperidine rings is 1. The van der Waals surface area contributed by atoms with Gasteiger partial charge < -0.3 is 9.80 Å². The number of amides is 2. The Balaban J connectivity index is 1.62. The van der Waals surface area contributed by atoms with Crippen LogP contribution in [0.2, 0.25) is 0 Å². The highest BCUT2D eigenvalue weighted by atomic mass is 16.2. The van der Waals surface area contributed by atoms with Crippen LogP contribution in [-0.4, -0.2) is 51.8 Å². The summed E-state index contributed by atoms with van der Waals surface area (Å²) in [6.07, 6.45) is 8.63. The van der Waals surface area contributed by atoms with Gasteiger partial charge in [0.2, 0.25) is 5.91 Å². The number of rotatable bonds is 2. The minimum atomic E-state index is -0.250. The van der Waals surface area contributed by atoms with Gasteiger partial charge in [-0.15, -0.1) is 0 Å². The zero-order valence-electron chi connectivity index (χ0n) is 13.6. The Hall–Kier alpha value is -1.91. The van der Waals surface area contributed by atoms with Gasteiger partial charge in [-0.3, -0.25) is 14.6 Å². The lowest BCUT2D eigenvalue weighted by molar-refractivity contribution is -0.136.